The first kappa shape index (κ1) is 19.8. The van der Waals surface area contributed by atoms with E-state index in [0.29, 0.717) is 32.7 Å². The molecule has 146 valence electrons. The molecule has 1 aromatic carbocycles. The Labute approximate surface area is 184 Å². The van der Waals surface area contributed by atoms with Gasteiger partial charge in [-0.2, -0.15) is 0 Å². The number of halogens is 2. The number of thiazole rings is 1. The molecule has 0 saturated heterocycles. The highest BCUT2D eigenvalue weighted by Crippen LogP contribution is 2.34. The first-order chi connectivity index (χ1) is 13.9. The van der Waals surface area contributed by atoms with Crippen LogP contribution in [0, 0.1) is 6.92 Å². The molecule has 0 aliphatic rings. The maximum atomic E-state index is 13.1. The van der Waals surface area contributed by atoms with Crippen molar-refractivity contribution < 1.29 is 9.53 Å². The van der Waals surface area contributed by atoms with Gasteiger partial charge in [0.15, 0.2) is 5.13 Å². The van der Waals surface area contributed by atoms with E-state index >= 15 is 0 Å². The number of rotatable bonds is 4. The summed E-state index contributed by atoms with van der Waals surface area (Å²) in [6.07, 6.45) is 3.07. The van der Waals surface area contributed by atoms with E-state index in [0.717, 1.165) is 20.4 Å². The Kier molecular flexibility index (Phi) is 5.49. The molecule has 3 aromatic heterocycles. The number of hydrogen-bond donors (Lipinski definition) is 1. The highest BCUT2D eigenvalue weighted by molar-refractivity contribution is 9.10. The maximum Gasteiger partial charge on any atom is 0.259 e. The average Bonchev–Trinajstić information content (AvgIpc) is 3.09. The van der Waals surface area contributed by atoms with Crippen LogP contribution >= 0.6 is 38.9 Å². The standard InChI is InChI=1S/C20H14BrClN4O2S/c1-10-5-12(13-7-18(22)24-9-16(13)28-2)14(8-23-10)19(27)26-20-25-15-6-11(21)3-4-17(15)29-20/h3-9H,1-2H3,(H,25,26,27). The van der Waals surface area contributed by atoms with E-state index in [1.54, 1.807) is 13.2 Å². The number of aromatic nitrogens is 3. The van der Waals surface area contributed by atoms with Crippen molar-refractivity contribution in [2.24, 2.45) is 0 Å². The lowest BCUT2D eigenvalue weighted by molar-refractivity contribution is 0.102. The lowest BCUT2D eigenvalue weighted by Gasteiger charge is -2.13. The molecular weight excluding hydrogens is 476 g/mol. The van der Waals surface area contributed by atoms with E-state index < -0.39 is 0 Å². The van der Waals surface area contributed by atoms with Crippen molar-refractivity contribution in [3.8, 4) is 16.9 Å². The number of nitrogens with zero attached hydrogens (tertiary/aromatic N) is 3. The number of hydrogen-bond acceptors (Lipinski definition) is 6. The second kappa shape index (κ2) is 8.06. The molecule has 0 fully saturated rings. The summed E-state index contributed by atoms with van der Waals surface area (Å²) in [5, 5.41) is 3.69. The maximum absolute atomic E-state index is 13.1. The molecule has 4 rings (SSSR count). The summed E-state index contributed by atoms with van der Waals surface area (Å²) in [6, 6.07) is 9.28. The van der Waals surface area contributed by atoms with Gasteiger partial charge in [-0.3, -0.25) is 15.1 Å². The predicted octanol–water partition coefficient (Wildman–Crippen LogP) is 5.74. The Hall–Kier alpha value is -2.55. The molecule has 1 N–H and O–H groups in total. The van der Waals surface area contributed by atoms with Crippen LogP contribution in [0.5, 0.6) is 5.75 Å². The van der Waals surface area contributed by atoms with Gasteiger partial charge in [0.2, 0.25) is 0 Å². The van der Waals surface area contributed by atoms with Crippen LogP contribution in [-0.2, 0) is 0 Å². The smallest absolute Gasteiger partial charge is 0.259 e. The highest BCUT2D eigenvalue weighted by Gasteiger charge is 2.19. The van der Waals surface area contributed by atoms with Crippen LogP contribution in [0.1, 0.15) is 16.1 Å². The fraction of sp³-hybridized carbons (Fsp3) is 0.100. The molecule has 0 radical (unpaired) electrons. The van der Waals surface area contributed by atoms with Crippen molar-refractivity contribution in [2.45, 2.75) is 6.92 Å². The molecular formula is C20H14BrClN4O2S. The molecule has 1 amide bonds. The summed E-state index contributed by atoms with van der Waals surface area (Å²) < 4.78 is 7.32. The van der Waals surface area contributed by atoms with E-state index in [4.69, 9.17) is 16.3 Å². The second-order valence-electron chi connectivity index (χ2n) is 6.16. The molecule has 3 heterocycles. The van der Waals surface area contributed by atoms with Gasteiger partial charge in [-0.25, -0.2) is 9.97 Å². The van der Waals surface area contributed by atoms with Crippen LogP contribution in [0.3, 0.4) is 0 Å². The minimum absolute atomic E-state index is 0.304. The first-order valence-corrected chi connectivity index (χ1v) is 10.5. The molecule has 0 spiro atoms. The summed E-state index contributed by atoms with van der Waals surface area (Å²) >= 11 is 10.9. The number of amides is 1. The zero-order chi connectivity index (χ0) is 20.5. The lowest BCUT2D eigenvalue weighted by atomic mass is 10.0. The van der Waals surface area contributed by atoms with Crippen molar-refractivity contribution in [2.75, 3.05) is 12.4 Å². The third-order valence-corrected chi connectivity index (χ3v) is 5.85. The van der Waals surface area contributed by atoms with Gasteiger partial charge in [0.25, 0.3) is 5.91 Å². The Balaban J connectivity index is 1.75. The lowest BCUT2D eigenvalue weighted by Crippen LogP contribution is -2.14. The van der Waals surface area contributed by atoms with Crippen LogP contribution in [-0.4, -0.2) is 28.0 Å². The third-order valence-electron chi connectivity index (χ3n) is 4.20. The number of methoxy groups -OCH3 is 1. The molecule has 29 heavy (non-hydrogen) atoms. The number of nitrogens with one attached hydrogen (secondary N) is 1. The van der Waals surface area contributed by atoms with Gasteiger partial charge in [0.1, 0.15) is 10.9 Å². The summed E-state index contributed by atoms with van der Waals surface area (Å²) in [5.74, 6) is 0.194. The fourth-order valence-electron chi connectivity index (χ4n) is 2.87. The molecule has 0 atom stereocenters. The Bertz CT molecular complexity index is 1240. The van der Waals surface area contributed by atoms with Crippen molar-refractivity contribution in [3.63, 3.8) is 0 Å². The van der Waals surface area contributed by atoms with Gasteiger partial charge >= 0.3 is 0 Å². The molecule has 0 bridgehead atoms. The minimum atomic E-state index is -0.319. The van der Waals surface area contributed by atoms with Crippen LogP contribution < -0.4 is 10.1 Å². The highest BCUT2D eigenvalue weighted by atomic mass is 79.9. The SMILES string of the molecule is COc1cnc(Cl)cc1-c1cc(C)ncc1C(=O)Nc1nc2cc(Br)ccc2s1. The largest absolute Gasteiger partial charge is 0.494 e. The molecule has 4 aromatic rings. The van der Waals surface area contributed by atoms with Crippen LogP contribution in [0.15, 0.2) is 47.2 Å². The van der Waals surface area contributed by atoms with Gasteiger partial charge in [-0.15, -0.1) is 0 Å². The zero-order valence-corrected chi connectivity index (χ0v) is 18.5. The Morgan fingerprint density at radius 2 is 2.00 bits per heavy atom. The summed E-state index contributed by atoms with van der Waals surface area (Å²) in [4.78, 5) is 25.9. The topological polar surface area (TPSA) is 77.0 Å². The van der Waals surface area contributed by atoms with Crippen molar-refractivity contribution in [1.29, 1.82) is 0 Å². The first-order valence-electron chi connectivity index (χ1n) is 8.48. The Morgan fingerprint density at radius 1 is 1.17 bits per heavy atom. The normalized spacial score (nSPS) is 10.9. The van der Waals surface area contributed by atoms with Gasteiger partial charge in [0.05, 0.1) is 29.1 Å². The van der Waals surface area contributed by atoms with Gasteiger partial charge in [0, 0.05) is 27.5 Å². The van der Waals surface area contributed by atoms with E-state index in [1.807, 2.05) is 31.2 Å². The number of ether oxygens (including phenoxy) is 1. The molecule has 0 saturated carbocycles. The summed E-state index contributed by atoms with van der Waals surface area (Å²) in [5.41, 5.74) is 3.27. The second-order valence-corrected chi connectivity index (χ2v) is 8.50. The third kappa shape index (κ3) is 4.10. The minimum Gasteiger partial charge on any atom is -0.494 e. The van der Waals surface area contributed by atoms with Crippen molar-refractivity contribution in [3.05, 3.63) is 63.6 Å². The molecule has 0 aliphatic carbocycles. The average molecular weight is 490 g/mol. The number of anilines is 1. The number of carbonyl (C=O) groups is 1. The monoisotopic (exact) mass is 488 g/mol. The van der Waals surface area contributed by atoms with E-state index in [2.05, 4.69) is 36.2 Å². The van der Waals surface area contributed by atoms with Gasteiger partial charge in [-0.1, -0.05) is 38.9 Å². The van der Waals surface area contributed by atoms with Crippen LogP contribution in [0.4, 0.5) is 5.13 Å². The fourth-order valence-corrected chi connectivity index (χ4v) is 4.22. The number of fused-ring (bicyclic) bond motifs is 1. The summed E-state index contributed by atoms with van der Waals surface area (Å²) in [7, 11) is 1.54. The van der Waals surface area contributed by atoms with Crippen molar-refractivity contribution in [1.82, 2.24) is 15.0 Å². The van der Waals surface area contributed by atoms with Crippen LogP contribution in [0.25, 0.3) is 21.3 Å². The molecule has 0 aliphatic heterocycles. The van der Waals surface area contributed by atoms with E-state index in [-0.39, 0.29) is 5.91 Å². The number of carbonyl (C=O) groups excluding carboxylic acids is 1. The number of benzene rings is 1. The molecule has 0 unspecified atom stereocenters. The van der Waals surface area contributed by atoms with Gasteiger partial charge < -0.3 is 4.74 Å². The number of pyridine rings is 2. The zero-order valence-electron chi connectivity index (χ0n) is 15.4. The number of aryl methyl sites for hydroxylation is 1. The van der Waals surface area contributed by atoms with E-state index in [1.165, 1.54) is 23.7 Å². The molecule has 6 nitrogen and oxygen atoms in total. The van der Waals surface area contributed by atoms with Gasteiger partial charge in [-0.05, 0) is 37.3 Å². The quantitative estimate of drug-likeness (QED) is 0.370. The summed E-state index contributed by atoms with van der Waals surface area (Å²) in [6.45, 7) is 1.85. The molecule has 9 heteroatoms. The van der Waals surface area contributed by atoms with Crippen LogP contribution in [0.2, 0.25) is 5.15 Å². The Morgan fingerprint density at radius 3 is 2.79 bits per heavy atom. The van der Waals surface area contributed by atoms with E-state index in [9.17, 15) is 4.79 Å². The van der Waals surface area contributed by atoms with Crippen molar-refractivity contribution >= 4 is 60.1 Å². The predicted molar refractivity (Wildman–Crippen MR) is 119 cm³/mol.